The third-order valence-corrected chi connectivity index (χ3v) is 1.46. The van der Waals surface area contributed by atoms with E-state index < -0.39 is 23.5 Å². The summed E-state index contributed by atoms with van der Waals surface area (Å²) in [5, 5.41) is 8.81. The molecule has 1 aliphatic carbocycles. The highest BCUT2D eigenvalue weighted by Crippen LogP contribution is 2.09. The number of hydrogen-bond acceptors (Lipinski definition) is 5. The summed E-state index contributed by atoms with van der Waals surface area (Å²) >= 11 is 0. The molecule has 5 nitrogen and oxygen atoms in total. The second-order valence-electron chi connectivity index (χ2n) is 2.21. The molecule has 0 aromatic carbocycles. The third-order valence-electron chi connectivity index (χ3n) is 1.46. The van der Waals surface area contributed by atoms with Crippen molar-refractivity contribution in [3.8, 4) is 0 Å². The quantitative estimate of drug-likeness (QED) is 0.386. The molecule has 0 saturated carbocycles. The maximum absolute atomic E-state index is 10.9. The number of carbonyl (C=O) groups is 3. The van der Waals surface area contributed by atoms with E-state index in [0.29, 0.717) is 0 Å². The zero-order chi connectivity index (χ0) is 9.30. The van der Waals surface area contributed by atoms with E-state index in [2.05, 4.69) is 4.74 Å². The molecule has 0 spiro atoms. The zero-order valence-electron chi connectivity index (χ0n) is 6.23. The Kier molecular flexibility index (Phi) is 2.05. The average Bonchev–Trinajstić information content (AvgIpc) is 2.08. The lowest BCUT2D eigenvalue weighted by molar-refractivity contribution is -0.146. The highest BCUT2D eigenvalue weighted by molar-refractivity contribution is 6.50. The number of aliphatic hydroxyl groups excluding tert-OH is 1. The Morgan fingerprint density at radius 3 is 2.50 bits per heavy atom. The van der Waals surface area contributed by atoms with Gasteiger partial charge in [-0.1, -0.05) is 0 Å². The van der Waals surface area contributed by atoms with E-state index in [1.807, 2.05) is 0 Å². The van der Waals surface area contributed by atoms with Crippen molar-refractivity contribution in [2.24, 2.45) is 0 Å². The molecule has 0 saturated heterocycles. The fraction of sp³-hybridized carbons (Fsp3) is 0.286. The van der Waals surface area contributed by atoms with E-state index in [4.69, 9.17) is 5.11 Å². The molecule has 0 aliphatic heterocycles. The van der Waals surface area contributed by atoms with Crippen LogP contribution in [0, 0.1) is 0 Å². The third kappa shape index (κ3) is 1.14. The van der Waals surface area contributed by atoms with Crippen molar-refractivity contribution in [1.29, 1.82) is 0 Å². The van der Waals surface area contributed by atoms with Gasteiger partial charge in [-0.25, -0.2) is 0 Å². The van der Waals surface area contributed by atoms with Crippen LogP contribution < -0.4 is 0 Å². The van der Waals surface area contributed by atoms with E-state index in [-0.39, 0.29) is 5.76 Å². The van der Waals surface area contributed by atoms with Crippen LogP contribution in [0.25, 0.3) is 0 Å². The van der Waals surface area contributed by atoms with Gasteiger partial charge in [0.25, 0.3) is 5.78 Å². The van der Waals surface area contributed by atoms with Crippen LogP contribution >= 0.6 is 0 Å². The van der Waals surface area contributed by atoms with Gasteiger partial charge in [0.05, 0.1) is 7.11 Å². The lowest BCUT2D eigenvalue weighted by atomic mass is 9.99. The minimum absolute atomic E-state index is 0.324. The van der Waals surface area contributed by atoms with Crippen LogP contribution in [0.2, 0.25) is 0 Å². The molecule has 0 radical (unpaired) electrons. The summed E-state index contributed by atoms with van der Waals surface area (Å²) < 4.78 is 4.45. The first-order chi connectivity index (χ1) is 5.57. The van der Waals surface area contributed by atoms with Gasteiger partial charge in [0, 0.05) is 6.08 Å². The molecule has 1 atom stereocenters. The molecule has 0 heterocycles. The average molecular weight is 170 g/mol. The normalized spacial score (nSPS) is 24.0. The predicted molar refractivity (Wildman–Crippen MR) is 36.1 cm³/mol. The number of Topliss-reactive ketones (excluding diaryl/α,β-unsaturated/α-hetero) is 2. The van der Waals surface area contributed by atoms with Gasteiger partial charge in [0.1, 0.15) is 0 Å². The van der Waals surface area contributed by atoms with E-state index in [0.717, 1.165) is 6.08 Å². The topological polar surface area (TPSA) is 80.7 Å². The molecule has 1 N–H and O–H groups in total. The molecule has 12 heavy (non-hydrogen) atoms. The van der Waals surface area contributed by atoms with Crippen molar-refractivity contribution in [1.82, 2.24) is 0 Å². The van der Waals surface area contributed by atoms with Gasteiger partial charge in [0.15, 0.2) is 17.6 Å². The molecule has 1 rings (SSSR count). The molecule has 1 aliphatic rings. The Morgan fingerprint density at radius 1 is 1.42 bits per heavy atom. The number of rotatable bonds is 1. The molecule has 0 amide bonds. The molecule has 5 heteroatoms. The van der Waals surface area contributed by atoms with Gasteiger partial charge >= 0.3 is 0 Å². The Morgan fingerprint density at radius 2 is 2.00 bits per heavy atom. The number of carbonyl (C=O) groups excluding carboxylic acids is 3. The summed E-state index contributed by atoms with van der Waals surface area (Å²) in [4.78, 5) is 32.4. The van der Waals surface area contributed by atoms with Crippen molar-refractivity contribution < 1.29 is 24.2 Å². The fourth-order valence-corrected chi connectivity index (χ4v) is 0.800. The van der Waals surface area contributed by atoms with E-state index in [9.17, 15) is 14.4 Å². The highest BCUT2D eigenvalue weighted by atomic mass is 16.5. The minimum atomic E-state index is -1.85. The van der Waals surface area contributed by atoms with E-state index in [1.54, 1.807) is 0 Å². The van der Waals surface area contributed by atoms with Crippen molar-refractivity contribution in [2.45, 2.75) is 6.10 Å². The lowest BCUT2D eigenvalue weighted by Crippen LogP contribution is -2.39. The first-order valence-corrected chi connectivity index (χ1v) is 3.14. The zero-order valence-corrected chi connectivity index (χ0v) is 6.23. The maximum atomic E-state index is 10.9. The predicted octanol–water partition coefficient (Wildman–Crippen LogP) is -1.40. The van der Waals surface area contributed by atoms with Gasteiger partial charge in [-0.3, -0.25) is 14.4 Å². The van der Waals surface area contributed by atoms with Gasteiger partial charge in [0.2, 0.25) is 5.78 Å². The standard InChI is InChI=1S/C7H6O5/c1-12-4-2-3(8)5(9)7(11)6(4)10/h2,5,9H,1H3. The first kappa shape index (κ1) is 8.61. The number of ketones is 3. The Bertz CT molecular complexity index is 288. The Balaban J connectivity index is 3.08. The van der Waals surface area contributed by atoms with Gasteiger partial charge in [-0.15, -0.1) is 0 Å². The molecule has 1 unspecified atom stereocenters. The minimum Gasteiger partial charge on any atom is -0.492 e. The summed E-state index contributed by atoms with van der Waals surface area (Å²) in [6, 6.07) is 0. The molecule has 0 bridgehead atoms. The SMILES string of the molecule is COC1=CC(=O)C(O)C(=O)C1=O. The molecule has 0 fully saturated rings. The maximum Gasteiger partial charge on any atom is 0.266 e. The van der Waals surface area contributed by atoms with Crippen molar-refractivity contribution in [3.63, 3.8) is 0 Å². The number of hydrogen-bond donors (Lipinski definition) is 1. The largest absolute Gasteiger partial charge is 0.492 e. The van der Waals surface area contributed by atoms with Crippen molar-refractivity contribution >= 4 is 17.3 Å². The van der Waals surface area contributed by atoms with E-state index in [1.165, 1.54) is 7.11 Å². The smallest absolute Gasteiger partial charge is 0.266 e. The van der Waals surface area contributed by atoms with Crippen LogP contribution in [0.5, 0.6) is 0 Å². The summed E-state index contributed by atoms with van der Waals surface area (Å²) in [6.45, 7) is 0. The second-order valence-corrected chi connectivity index (χ2v) is 2.21. The monoisotopic (exact) mass is 170 g/mol. The van der Waals surface area contributed by atoms with Crippen LogP contribution in [0.15, 0.2) is 11.8 Å². The van der Waals surface area contributed by atoms with Crippen LogP contribution in [-0.2, 0) is 19.1 Å². The lowest BCUT2D eigenvalue weighted by Gasteiger charge is -2.12. The van der Waals surface area contributed by atoms with Crippen LogP contribution in [0.4, 0.5) is 0 Å². The fourth-order valence-electron chi connectivity index (χ4n) is 0.800. The Labute approximate surface area is 67.6 Å². The number of ether oxygens (including phenoxy) is 1. The summed E-state index contributed by atoms with van der Waals surface area (Å²) in [6.07, 6.45) is -1.04. The molecular formula is C7H6O5. The number of aliphatic hydroxyl groups is 1. The van der Waals surface area contributed by atoms with Crippen LogP contribution in [-0.4, -0.2) is 35.7 Å². The highest BCUT2D eigenvalue weighted by Gasteiger charge is 2.36. The first-order valence-electron chi connectivity index (χ1n) is 3.14. The van der Waals surface area contributed by atoms with Crippen molar-refractivity contribution in [2.75, 3.05) is 7.11 Å². The van der Waals surface area contributed by atoms with Crippen LogP contribution in [0.3, 0.4) is 0 Å². The molecule has 0 aromatic rings. The second kappa shape index (κ2) is 2.86. The van der Waals surface area contributed by atoms with Crippen LogP contribution in [0.1, 0.15) is 0 Å². The summed E-state index contributed by atoms with van der Waals surface area (Å²) in [7, 11) is 1.17. The van der Waals surface area contributed by atoms with Crippen molar-refractivity contribution in [3.05, 3.63) is 11.8 Å². The number of allylic oxidation sites excluding steroid dienone is 1. The van der Waals surface area contributed by atoms with Gasteiger partial charge < -0.3 is 9.84 Å². The van der Waals surface area contributed by atoms with Gasteiger partial charge in [-0.05, 0) is 0 Å². The molecular weight excluding hydrogens is 164 g/mol. The Hall–Kier alpha value is -1.49. The van der Waals surface area contributed by atoms with E-state index >= 15 is 0 Å². The molecule has 0 aromatic heterocycles. The summed E-state index contributed by atoms with van der Waals surface area (Å²) in [5.74, 6) is -3.25. The number of methoxy groups -OCH3 is 1. The summed E-state index contributed by atoms with van der Waals surface area (Å²) in [5.41, 5.74) is 0. The molecule has 64 valence electrons. The van der Waals surface area contributed by atoms with Gasteiger partial charge in [-0.2, -0.15) is 0 Å².